The second kappa shape index (κ2) is 3.37. The average molecular weight is 198 g/mol. The zero-order valence-corrected chi connectivity index (χ0v) is 6.74. The molecule has 4 heteroatoms. The first-order valence-corrected chi connectivity index (χ1v) is 3.40. The predicted octanol–water partition coefficient (Wildman–Crippen LogP) is 2.91. The molecule has 0 saturated heterocycles. The van der Waals surface area contributed by atoms with E-state index in [0.29, 0.717) is 0 Å². The Bertz CT molecular complexity index is 442. The summed E-state index contributed by atoms with van der Waals surface area (Å²) in [6, 6.07) is -0.533. The molecule has 1 aromatic rings. The Hall–Kier alpha value is -0.340. The fourth-order valence-electron chi connectivity index (χ4n) is 0.521. The minimum atomic E-state index is -2.86. The van der Waals surface area contributed by atoms with Crippen molar-refractivity contribution in [1.82, 2.24) is 10.2 Å². The van der Waals surface area contributed by atoms with E-state index in [-0.39, 0.29) is 0 Å². The largest absolute Gasteiger partial charge is 0.155 e. The van der Waals surface area contributed by atoms with Gasteiger partial charge in [0.1, 0.15) is 0 Å². The maximum absolute atomic E-state index is 7.61. The molecule has 60 valence electrons. The first-order valence-electron chi connectivity index (χ1n) is 6.14. The molecule has 1 aromatic heterocycles. The van der Waals surface area contributed by atoms with Gasteiger partial charge in [-0.05, 0) is 17.5 Å². The third-order valence-electron chi connectivity index (χ3n) is 0.974. The molecule has 0 bridgehead atoms. The van der Waals surface area contributed by atoms with E-state index >= 15 is 0 Å². The zero-order valence-electron chi connectivity index (χ0n) is 12.2. The summed E-state index contributed by atoms with van der Waals surface area (Å²) in [6.07, 6.45) is 0. The van der Waals surface area contributed by atoms with Gasteiger partial charge >= 0.3 is 0 Å². The van der Waals surface area contributed by atoms with Crippen LogP contribution in [-0.2, 0) is 0 Å². The number of hydrogen-bond acceptors (Lipinski definition) is 2. The highest BCUT2D eigenvalue weighted by atomic mass is 35.5. The van der Waals surface area contributed by atoms with E-state index in [9.17, 15) is 0 Å². The molecule has 0 fully saturated rings. The van der Waals surface area contributed by atoms with Crippen molar-refractivity contribution >= 4 is 23.2 Å². The molecule has 0 unspecified atom stereocenters. The first-order chi connectivity index (χ1) is 7.96. The van der Waals surface area contributed by atoms with Gasteiger partial charge in [0.15, 0.2) is 10.3 Å². The number of aromatic nitrogens is 2. The van der Waals surface area contributed by atoms with Crippen LogP contribution < -0.4 is 0 Å². The van der Waals surface area contributed by atoms with E-state index in [0.717, 1.165) is 0 Å². The Balaban J connectivity index is 3.54. The van der Waals surface area contributed by atoms with Gasteiger partial charge < -0.3 is 0 Å². The number of hydrogen-bond donors (Lipinski definition) is 0. The molecule has 0 aliphatic carbocycles. The monoisotopic (exact) mass is 197 g/mol. The van der Waals surface area contributed by atoms with Crippen molar-refractivity contribution < 1.29 is 9.60 Å². The summed E-state index contributed by atoms with van der Waals surface area (Å²) in [6.45, 7) is -5.73. The van der Waals surface area contributed by atoms with Crippen LogP contribution in [0.1, 0.15) is 34.8 Å². The molecule has 11 heavy (non-hydrogen) atoms. The normalized spacial score (nSPS) is 22.3. The molecule has 0 spiro atoms. The summed E-state index contributed by atoms with van der Waals surface area (Å²) in [5.74, 6) is -1.93. The molecule has 0 aliphatic heterocycles. The molecule has 0 aliphatic rings. The summed E-state index contributed by atoms with van der Waals surface area (Å²) in [5, 5.41) is 5.83. The Kier molecular flexibility index (Phi) is 0.977. The van der Waals surface area contributed by atoms with E-state index < -0.39 is 41.5 Å². The predicted molar refractivity (Wildman–Crippen MR) is 46.1 cm³/mol. The van der Waals surface area contributed by atoms with Gasteiger partial charge in [0, 0.05) is 8.22 Å². The molecule has 0 amide bonds. The van der Waals surface area contributed by atoms with Crippen molar-refractivity contribution in [2.45, 2.75) is 19.6 Å². The van der Waals surface area contributed by atoms with Gasteiger partial charge in [-0.1, -0.05) is 36.9 Å². The molecule has 0 saturated carbocycles. The zero-order chi connectivity index (χ0) is 14.3. The molecule has 1 rings (SSSR count). The molecule has 1 heterocycles. The van der Waals surface area contributed by atoms with Gasteiger partial charge in [-0.15, -0.1) is 10.2 Å². The summed E-state index contributed by atoms with van der Waals surface area (Å²) in [5.41, 5.74) is -0.434. The van der Waals surface area contributed by atoms with Crippen molar-refractivity contribution in [3.05, 3.63) is 21.9 Å². The quantitative estimate of drug-likeness (QED) is 0.693. The number of nitrogens with zero attached hydrogens (tertiary/aromatic N) is 2. The fraction of sp³-hybridized carbons (Fsp3) is 0.429. The Morgan fingerprint density at radius 1 is 1.55 bits per heavy atom. The highest BCUT2D eigenvalue weighted by Gasteiger charge is 2.06. The Morgan fingerprint density at radius 2 is 2.27 bits per heavy atom. The average Bonchev–Trinajstić information content (AvgIpc) is 2.14. The van der Waals surface area contributed by atoms with Crippen molar-refractivity contribution in [2.24, 2.45) is 0 Å². The summed E-state index contributed by atoms with van der Waals surface area (Å²) in [4.78, 5) is 0. The molecule has 0 atom stereocenters. The van der Waals surface area contributed by atoms with Crippen LogP contribution >= 0.6 is 23.2 Å². The topological polar surface area (TPSA) is 25.8 Å². The molecule has 0 N–H and O–H groups in total. The summed E-state index contributed by atoms with van der Waals surface area (Å²) >= 11 is 11.2. The minimum Gasteiger partial charge on any atom is -0.137 e. The lowest BCUT2D eigenvalue weighted by Gasteiger charge is -2.05. The molecular weight excluding hydrogens is 183 g/mol. The van der Waals surface area contributed by atoms with Gasteiger partial charge in [0.2, 0.25) is 0 Å². The second-order valence-electron chi connectivity index (χ2n) is 1.75. The minimum absolute atomic E-state index is 0.395. The van der Waals surface area contributed by atoms with Crippen LogP contribution in [0.25, 0.3) is 0 Å². The standard InChI is InChI=1S/C7H8Cl2N2/c1-4(2)5-3-6(8)10-11-7(5)9/h3-4H,1-2H3/i1D3,2D3,3D. The fourth-order valence-corrected chi connectivity index (χ4v) is 0.854. The van der Waals surface area contributed by atoms with Gasteiger partial charge in [-0.3, -0.25) is 0 Å². The van der Waals surface area contributed by atoms with E-state index in [1.165, 1.54) is 0 Å². The van der Waals surface area contributed by atoms with Crippen LogP contribution in [0.3, 0.4) is 0 Å². The molecule has 2 nitrogen and oxygen atoms in total. The van der Waals surface area contributed by atoms with E-state index in [4.69, 9.17) is 32.8 Å². The van der Waals surface area contributed by atoms with E-state index in [1.807, 2.05) is 0 Å². The smallest absolute Gasteiger partial charge is 0.137 e. The van der Waals surface area contributed by atoms with Crippen LogP contribution in [-0.4, -0.2) is 10.2 Å². The van der Waals surface area contributed by atoms with Crippen LogP contribution in [0.15, 0.2) is 6.04 Å². The van der Waals surface area contributed by atoms with Crippen LogP contribution in [0.5, 0.6) is 0 Å². The highest BCUT2D eigenvalue weighted by Crippen LogP contribution is 2.22. The van der Waals surface area contributed by atoms with Crippen molar-refractivity contribution in [3.8, 4) is 0 Å². The van der Waals surface area contributed by atoms with Crippen LogP contribution in [0, 0.1) is 0 Å². The molecular formula is C7H8Cl2N2. The third kappa shape index (κ3) is 2.04. The first kappa shape index (κ1) is 3.19. The molecule has 0 radical (unpaired) electrons. The van der Waals surface area contributed by atoms with Gasteiger partial charge in [0.25, 0.3) is 0 Å². The highest BCUT2D eigenvalue weighted by molar-refractivity contribution is 6.31. The van der Waals surface area contributed by atoms with E-state index in [2.05, 4.69) is 10.2 Å². The second-order valence-corrected chi connectivity index (χ2v) is 2.47. The van der Waals surface area contributed by atoms with Crippen molar-refractivity contribution in [1.29, 1.82) is 0 Å². The lowest BCUT2D eigenvalue weighted by Crippen LogP contribution is -1.93. The summed E-state index contributed by atoms with van der Waals surface area (Å²) < 4.78 is 51.3. The molecule has 0 aromatic carbocycles. The Morgan fingerprint density at radius 3 is 2.91 bits per heavy atom. The van der Waals surface area contributed by atoms with Gasteiger partial charge in [-0.25, -0.2) is 0 Å². The lowest BCUT2D eigenvalue weighted by molar-refractivity contribution is 0.842. The Labute approximate surface area is 85.4 Å². The van der Waals surface area contributed by atoms with Crippen LogP contribution in [0.2, 0.25) is 10.3 Å². The number of rotatable bonds is 1. The SMILES string of the molecule is [2H]c1c(Cl)nnc(Cl)c1C(C([2H])([2H])[2H])C([2H])([2H])[2H]. The van der Waals surface area contributed by atoms with Crippen LogP contribution in [0.4, 0.5) is 0 Å². The maximum Gasteiger partial charge on any atom is 0.155 e. The number of halogens is 2. The van der Waals surface area contributed by atoms with Gasteiger partial charge in [-0.2, -0.15) is 0 Å². The summed E-state index contributed by atoms with van der Waals surface area (Å²) in [7, 11) is 0. The third-order valence-corrected chi connectivity index (χ3v) is 1.42. The van der Waals surface area contributed by atoms with Crippen molar-refractivity contribution in [3.63, 3.8) is 0 Å². The maximum atomic E-state index is 7.61. The van der Waals surface area contributed by atoms with E-state index in [1.54, 1.807) is 0 Å². The van der Waals surface area contributed by atoms with Crippen molar-refractivity contribution in [2.75, 3.05) is 0 Å². The lowest BCUT2D eigenvalue weighted by atomic mass is 10.1. The van der Waals surface area contributed by atoms with Gasteiger partial charge in [0.05, 0.1) is 1.37 Å².